The third-order valence-corrected chi connectivity index (χ3v) is 4.92. The number of nitrogens with zero attached hydrogens (tertiary/aromatic N) is 2. The van der Waals surface area contributed by atoms with Crippen molar-refractivity contribution >= 4 is 40.1 Å². The van der Waals surface area contributed by atoms with Crippen molar-refractivity contribution in [3.8, 4) is 0 Å². The van der Waals surface area contributed by atoms with Gasteiger partial charge in [-0.25, -0.2) is 4.98 Å². The number of hydrogen-bond donors (Lipinski definition) is 0. The van der Waals surface area contributed by atoms with Crippen LogP contribution in [0.2, 0.25) is 0 Å². The van der Waals surface area contributed by atoms with Crippen LogP contribution in [0.15, 0.2) is 94.6 Å². The molecule has 0 aliphatic heterocycles. The molecule has 134 valence electrons. The SMILES string of the molecule is O=C(CCSc1nc2ccccc2o1)N(c1ccccc1)c1ccccc1. The highest BCUT2D eigenvalue weighted by Gasteiger charge is 2.18. The fourth-order valence-corrected chi connectivity index (χ4v) is 3.60. The molecule has 1 aromatic heterocycles. The van der Waals surface area contributed by atoms with E-state index in [9.17, 15) is 4.79 Å². The summed E-state index contributed by atoms with van der Waals surface area (Å²) in [6.45, 7) is 0. The summed E-state index contributed by atoms with van der Waals surface area (Å²) in [5, 5.41) is 0.593. The first kappa shape index (κ1) is 17.4. The Morgan fingerprint density at radius 1 is 0.852 bits per heavy atom. The van der Waals surface area contributed by atoms with Gasteiger partial charge in [-0.15, -0.1) is 0 Å². The zero-order valence-electron chi connectivity index (χ0n) is 14.6. The van der Waals surface area contributed by atoms with Gasteiger partial charge < -0.3 is 4.42 Å². The van der Waals surface area contributed by atoms with Gasteiger partial charge in [0, 0.05) is 23.5 Å². The van der Waals surface area contributed by atoms with Crippen LogP contribution in [0.25, 0.3) is 11.1 Å². The number of carbonyl (C=O) groups is 1. The average Bonchev–Trinajstić information content (AvgIpc) is 3.13. The number of thioether (sulfide) groups is 1. The molecule has 4 nitrogen and oxygen atoms in total. The summed E-state index contributed by atoms with van der Waals surface area (Å²) in [4.78, 5) is 19.2. The minimum Gasteiger partial charge on any atom is -0.431 e. The lowest BCUT2D eigenvalue weighted by Crippen LogP contribution is -2.26. The molecule has 5 heteroatoms. The third-order valence-electron chi connectivity index (χ3n) is 4.09. The van der Waals surface area contributed by atoms with Crippen molar-refractivity contribution in [3.63, 3.8) is 0 Å². The van der Waals surface area contributed by atoms with Crippen LogP contribution in [0.1, 0.15) is 6.42 Å². The van der Waals surface area contributed by atoms with Crippen molar-refractivity contribution in [1.29, 1.82) is 0 Å². The summed E-state index contributed by atoms with van der Waals surface area (Å²) in [7, 11) is 0. The van der Waals surface area contributed by atoms with Crippen LogP contribution in [0.5, 0.6) is 0 Å². The van der Waals surface area contributed by atoms with E-state index >= 15 is 0 Å². The molecule has 0 saturated carbocycles. The Morgan fingerprint density at radius 2 is 1.44 bits per heavy atom. The molecule has 0 spiro atoms. The van der Waals surface area contributed by atoms with Gasteiger partial charge in [-0.2, -0.15) is 0 Å². The molecule has 0 N–H and O–H groups in total. The number of anilines is 2. The summed E-state index contributed by atoms with van der Waals surface area (Å²) < 4.78 is 5.71. The molecule has 4 aromatic rings. The maximum absolute atomic E-state index is 13.0. The Morgan fingerprint density at radius 3 is 2.07 bits per heavy atom. The second-order valence-corrected chi connectivity index (χ2v) is 6.99. The molecule has 0 radical (unpaired) electrons. The Kier molecular flexibility index (Phi) is 5.21. The summed E-state index contributed by atoms with van der Waals surface area (Å²) >= 11 is 1.46. The fourth-order valence-electron chi connectivity index (χ4n) is 2.84. The maximum atomic E-state index is 13.0. The van der Waals surface area contributed by atoms with Gasteiger partial charge >= 0.3 is 0 Å². The fraction of sp³-hybridized carbons (Fsp3) is 0.0909. The Balaban J connectivity index is 1.47. The molecule has 1 heterocycles. The van der Waals surface area contributed by atoms with Gasteiger partial charge in [-0.3, -0.25) is 9.69 Å². The van der Waals surface area contributed by atoms with Gasteiger partial charge in [0.05, 0.1) is 0 Å². The molecule has 0 aliphatic rings. The lowest BCUT2D eigenvalue weighted by Gasteiger charge is -2.23. The Hall–Kier alpha value is -3.05. The maximum Gasteiger partial charge on any atom is 0.256 e. The van der Waals surface area contributed by atoms with Crippen LogP contribution in [-0.2, 0) is 4.79 Å². The molecule has 1 amide bonds. The standard InChI is InChI=1S/C22H18N2O2S/c25-21(15-16-27-22-23-19-13-7-8-14-20(19)26-22)24(17-9-3-1-4-10-17)18-11-5-2-6-12-18/h1-14H,15-16H2. The van der Waals surface area contributed by atoms with Crippen molar-refractivity contribution in [2.45, 2.75) is 11.6 Å². The first-order chi connectivity index (χ1) is 13.3. The van der Waals surface area contributed by atoms with Crippen LogP contribution in [0.4, 0.5) is 11.4 Å². The number of oxazole rings is 1. The van der Waals surface area contributed by atoms with Crippen LogP contribution in [-0.4, -0.2) is 16.6 Å². The predicted octanol–water partition coefficient (Wildman–Crippen LogP) is 5.67. The summed E-state index contributed by atoms with van der Waals surface area (Å²) in [5.41, 5.74) is 3.32. The van der Waals surface area contributed by atoms with Gasteiger partial charge in [-0.05, 0) is 36.4 Å². The number of amides is 1. The topological polar surface area (TPSA) is 46.3 Å². The number of rotatable bonds is 6. The van der Waals surface area contributed by atoms with E-state index in [0.29, 0.717) is 17.4 Å². The molecule has 0 aliphatic carbocycles. The normalized spacial score (nSPS) is 10.8. The lowest BCUT2D eigenvalue weighted by molar-refractivity contribution is -0.117. The molecule has 4 rings (SSSR count). The van der Waals surface area contributed by atoms with E-state index in [2.05, 4.69) is 4.98 Å². The van der Waals surface area contributed by atoms with E-state index in [1.54, 1.807) is 4.90 Å². The van der Waals surface area contributed by atoms with E-state index in [1.807, 2.05) is 84.9 Å². The van der Waals surface area contributed by atoms with E-state index in [4.69, 9.17) is 4.42 Å². The van der Waals surface area contributed by atoms with Gasteiger partial charge in [-0.1, -0.05) is 60.3 Å². The smallest absolute Gasteiger partial charge is 0.256 e. The van der Waals surface area contributed by atoms with Crippen LogP contribution in [0.3, 0.4) is 0 Å². The van der Waals surface area contributed by atoms with E-state index < -0.39 is 0 Å². The van der Waals surface area contributed by atoms with Crippen molar-refractivity contribution in [2.24, 2.45) is 0 Å². The summed E-state index contributed by atoms with van der Waals surface area (Å²) in [5.74, 6) is 0.637. The molecule has 27 heavy (non-hydrogen) atoms. The minimum absolute atomic E-state index is 0.0380. The highest BCUT2D eigenvalue weighted by molar-refractivity contribution is 7.99. The van der Waals surface area contributed by atoms with Crippen molar-refractivity contribution < 1.29 is 9.21 Å². The monoisotopic (exact) mass is 374 g/mol. The first-order valence-corrected chi connectivity index (χ1v) is 9.71. The number of aromatic nitrogens is 1. The quantitative estimate of drug-likeness (QED) is 0.408. The van der Waals surface area contributed by atoms with Crippen molar-refractivity contribution in [3.05, 3.63) is 84.9 Å². The number of fused-ring (bicyclic) bond motifs is 1. The zero-order valence-corrected chi connectivity index (χ0v) is 15.4. The molecular weight excluding hydrogens is 356 g/mol. The van der Waals surface area contributed by atoms with E-state index in [-0.39, 0.29) is 5.91 Å². The van der Waals surface area contributed by atoms with Gasteiger partial charge in [0.25, 0.3) is 5.22 Å². The first-order valence-electron chi connectivity index (χ1n) is 8.73. The van der Waals surface area contributed by atoms with Crippen LogP contribution < -0.4 is 4.90 Å². The summed E-state index contributed by atoms with van der Waals surface area (Å²) in [6, 6.07) is 27.1. The average molecular weight is 374 g/mol. The number of benzene rings is 3. The predicted molar refractivity (Wildman–Crippen MR) is 109 cm³/mol. The molecule has 0 saturated heterocycles. The van der Waals surface area contributed by atoms with E-state index in [0.717, 1.165) is 22.5 Å². The molecule has 0 unspecified atom stereocenters. The Labute approximate surface area is 161 Å². The molecule has 0 atom stereocenters. The number of hydrogen-bond acceptors (Lipinski definition) is 4. The molecule has 0 fully saturated rings. The van der Waals surface area contributed by atoms with Crippen molar-refractivity contribution in [2.75, 3.05) is 10.7 Å². The largest absolute Gasteiger partial charge is 0.431 e. The number of carbonyl (C=O) groups excluding carboxylic acids is 1. The van der Waals surface area contributed by atoms with Gasteiger partial charge in [0.2, 0.25) is 5.91 Å². The van der Waals surface area contributed by atoms with E-state index in [1.165, 1.54) is 11.8 Å². The molecule has 3 aromatic carbocycles. The number of para-hydroxylation sites is 4. The van der Waals surface area contributed by atoms with Gasteiger partial charge in [0.15, 0.2) is 5.58 Å². The third kappa shape index (κ3) is 4.04. The Bertz CT molecular complexity index is 959. The molecule has 0 bridgehead atoms. The minimum atomic E-state index is 0.0380. The van der Waals surface area contributed by atoms with Crippen LogP contribution >= 0.6 is 11.8 Å². The zero-order chi connectivity index (χ0) is 18.5. The van der Waals surface area contributed by atoms with Gasteiger partial charge in [0.1, 0.15) is 5.52 Å². The second kappa shape index (κ2) is 8.10. The second-order valence-electron chi connectivity index (χ2n) is 5.95. The lowest BCUT2D eigenvalue weighted by atomic mass is 10.2. The van der Waals surface area contributed by atoms with Crippen molar-refractivity contribution in [1.82, 2.24) is 4.98 Å². The highest BCUT2D eigenvalue weighted by atomic mass is 32.2. The summed E-state index contributed by atoms with van der Waals surface area (Å²) in [6.07, 6.45) is 0.382. The highest BCUT2D eigenvalue weighted by Crippen LogP contribution is 2.28. The van der Waals surface area contributed by atoms with Crippen LogP contribution in [0, 0.1) is 0 Å². The molecular formula is C22H18N2O2S.